The second-order valence-electron chi connectivity index (χ2n) is 10.9. The topological polar surface area (TPSA) is 25.2 Å². The Morgan fingerprint density at radius 2 is 1.07 bits per heavy atom. The van der Waals surface area contributed by atoms with Crippen LogP contribution in [0.3, 0.4) is 0 Å². The molecule has 0 radical (unpaired) electrons. The predicted octanol–water partition coefficient (Wildman–Crippen LogP) is 9.71. The van der Waals surface area contributed by atoms with Gasteiger partial charge < -0.3 is 9.67 Å². The van der Waals surface area contributed by atoms with Gasteiger partial charge in [0.1, 0.15) is 0 Å². The van der Waals surface area contributed by atoms with Crippen LogP contribution in [-0.2, 0) is 0 Å². The first-order chi connectivity index (χ1) is 20.2. The highest BCUT2D eigenvalue weighted by Gasteiger charge is 2.28. The molecule has 0 spiro atoms. The minimum Gasteiger partial charge on any atom is -0.388 e. The zero-order chi connectivity index (χ0) is 27.5. The summed E-state index contributed by atoms with van der Waals surface area (Å²) in [5, 5.41) is 18.0. The highest BCUT2D eigenvalue weighted by atomic mass is 16.3. The summed E-state index contributed by atoms with van der Waals surface area (Å²) in [7, 11) is 0. The number of hydrogen-bond donors (Lipinski definition) is 1. The largest absolute Gasteiger partial charge is 0.388 e. The van der Waals surface area contributed by atoms with Gasteiger partial charge in [0.2, 0.25) is 0 Å². The summed E-state index contributed by atoms with van der Waals surface area (Å²) in [6.07, 6.45) is 5.73. The Balaban J connectivity index is 1.36. The molecule has 2 heteroatoms. The molecule has 2 atom stereocenters. The molecule has 2 unspecified atom stereocenters. The van der Waals surface area contributed by atoms with E-state index in [1.54, 1.807) is 0 Å². The summed E-state index contributed by atoms with van der Waals surface area (Å²) in [6.45, 7) is 2.08. The summed E-state index contributed by atoms with van der Waals surface area (Å²) in [6, 6.07) is 43.7. The number of aliphatic hydroxyl groups is 1. The Morgan fingerprint density at radius 1 is 0.585 bits per heavy atom. The molecule has 0 saturated heterocycles. The second kappa shape index (κ2) is 9.33. The van der Waals surface area contributed by atoms with Crippen molar-refractivity contribution < 1.29 is 5.11 Å². The molecule has 6 aromatic carbocycles. The van der Waals surface area contributed by atoms with Gasteiger partial charge in [-0.2, -0.15) is 0 Å². The van der Waals surface area contributed by atoms with Gasteiger partial charge in [-0.15, -0.1) is 0 Å². The van der Waals surface area contributed by atoms with E-state index < -0.39 is 6.10 Å². The minimum absolute atomic E-state index is 0.0168. The summed E-state index contributed by atoms with van der Waals surface area (Å²) in [4.78, 5) is 0. The zero-order valence-electron chi connectivity index (χ0n) is 22.8. The lowest BCUT2D eigenvalue weighted by Gasteiger charge is -2.29. The normalized spacial score (nSPS) is 17.1. The van der Waals surface area contributed by atoms with Crippen molar-refractivity contribution in [2.75, 3.05) is 0 Å². The molecule has 196 valence electrons. The molecular formula is C39H29NO. The van der Waals surface area contributed by atoms with E-state index in [1.165, 1.54) is 65.6 Å². The van der Waals surface area contributed by atoms with E-state index in [0.717, 1.165) is 5.69 Å². The standard InChI is InChI=1S/C39H29NO/c1-2-27(30-23-24-37(30)41)39-33-15-5-3-13-31(33)38(32-14-4-6-16-34(32)39)25-19-21-26(22-20-25)40-35-17-9-7-11-28(35)29-12-8-10-18-36(29)40/h2-24,30,37,41H,1H3/b27-2+. The van der Waals surface area contributed by atoms with Gasteiger partial charge in [0.15, 0.2) is 0 Å². The molecule has 8 rings (SSSR count). The SMILES string of the molecule is C/C=C(/c1c2ccccc2c(-c2ccc(-n3c4ccccc4c4ccccc43)cc2)c2ccccc12)C1C=CC1O. The van der Waals surface area contributed by atoms with Crippen molar-refractivity contribution in [3.8, 4) is 16.8 Å². The molecule has 2 nitrogen and oxygen atoms in total. The van der Waals surface area contributed by atoms with E-state index in [1.807, 2.05) is 6.08 Å². The lowest BCUT2D eigenvalue weighted by atomic mass is 9.77. The first-order valence-electron chi connectivity index (χ1n) is 14.3. The van der Waals surface area contributed by atoms with Gasteiger partial charge >= 0.3 is 0 Å². The molecule has 41 heavy (non-hydrogen) atoms. The Labute approximate surface area is 239 Å². The Morgan fingerprint density at radius 3 is 1.54 bits per heavy atom. The number of aliphatic hydroxyl groups excluding tert-OH is 1. The van der Waals surface area contributed by atoms with Crippen LogP contribution in [0.25, 0.3) is 65.7 Å². The van der Waals surface area contributed by atoms with Crippen LogP contribution in [0.1, 0.15) is 12.5 Å². The van der Waals surface area contributed by atoms with Gasteiger partial charge in [-0.25, -0.2) is 0 Å². The quantitative estimate of drug-likeness (QED) is 0.179. The van der Waals surface area contributed by atoms with Crippen molar-refractivity contribution in [3.63, 3.8) is 0 Å². The third-order valence-electron chi connectivity index (χ3n) is 8.77. The fourth-order valence-corrected chi connectivity index (χ4v) is 6.84. The summed E-state index contributed by atoms with van der Waals surface area (Å²) < 4.78 is 2.36. The summed E-state index contributed by atoms with van der Waals surface area (Å²) >= 11 is 0. The minimum atomic E-state index is -0.438. The van der Waals surface area contributed by atoms with Gasteiger partial charge in [-0.3, -0.25) is 0 Å². The molecule has 1 aliphatic carbocycles. The van der Waals surface area contributed by atoms with Gasteiger partial charge in [-0.1, -0.05) is 115 Å². The highest BCUT2D eigenvalue weighted by molar-refractivity contribution is 6.19. The van der Waals surface area contributed by atoms with E-state index >= 15 is 0 Å². The van der Waals surface area contributed by atoms with Crippen LogP contribution in [0.2, 0.25) is 0 Å². The second-order valence-corrected chi connectivity index (χ2v) is 10.9. The molecule has 0 saturated carbocycles. The van der Waals surface area contributed by atoms with Crippen LogP contribution in [-0.4, -0.2) is 15.8 Å². The molecule has 1 aromatic heterocycles. The lowest BCUT2D eigenvalue weighted by molar-refractivity contribution is 0.181. The van der Waals surface area contributed by atoms with Crippen molar-refractivity contribution in [1.29, 1.82) is 0 Å². The molecule has 7 aromatic rings. The van der Waals surface area contributed by atoms with E-state index in [-0.39, 0.29) is 5.92 Å². The first-order valence-corrected chi connectivity index (χ1v) is 14.3. The fourth-order valence-electron chi connectivity index (χ4n) is 6.84. The van der Waals surface area contributed by atoms with Gasteiger partial charge in [-0.05, 0) is 75.0 Å². The van der Waals surface area contributed by atoms with E-state index in [2.05, 4.69) is 145 Å². The number of nitrogens with zero attached hydrogens (tertiary/aromatic N) is 1. The van der Waals surface area contributed by atoms with Crippen LogP contribution < -0.4 is 0 Å². The average molecular weight is 528 g/mol. The van der Waals surface area contributed by atoms with Crippen LogP contribution >= 0.6 is 0 Å². The Bertz CT molecular complexity index is 2070. The van der Waals surface area contributed by atoms with Crippen LogP contribution in [0.4, 0.5) is 0 Å². The highest BCUT2D eigenvalue weighted by Crippen LogP contribution is 2.45. The summed E-state index contributed by atoms with van der Waals surface area (Å²) in [5.74, 6) is 0.0168. The summed E-state index contributed by atoms with van der Waals surface area (Å²) in [5.41, 5.74) is 8.42. The third kappa shape index (κ3) is 3.54. The fraction of sp³-hybridized carbons (Fsp3) is 0.0769. The molecule has 1 heterocycles. The van der Waals surface area contributed by atoms with Gasteiger partial charge in [0, 0.05) is 22.4 Å². The molecule has 0 fully saturated rings. The van der Waals surface area contributed by atoms with E-state index in [9.17, 15) is 5.11 Å². The number of rotatable bonds is 4. The van der Waals surface area contributed by atoms with Crippen molar-refractivity contribution in [3.05, 3.63) is 145 Å². The number of benzene rings is 6. The zero-order valence-corrected chi connectivity index (χ0v) is 22.8. The maximum absolute atomic E-state index is 10.6. The number of fused-ring (bicyclic) bond motifs is 5. The van der Waals surface area contributed by atoms with E-state index in [0.29, 0.717) is 0 Å². The van der Waals surface area contributed by atoms with Crippen molar-refractivity contribution >= 4 is 48.9 Å². The van der Waals surface area contributed by atoms with Crippen LogP contribution in [0.5, 0.6) is 0 Å². The Hall–Kier alpha value is -4.92. The van der Waals surface area contributed by atoms with Crippen LogP contribution in [0.15, 0.2) is 140 Å². The lowest BCUT2D eigenvalue weighted by Crippen LogP contribution is -2.25. The number of para-hydroxylation sites is 2. The van der Waals surface area contributed by atoms with Crippen molar-refractivity contribution in [2.45, 2.75) is 13.0 Å². The molecular weight excluding hydrogens is 498 g/mol. The average Bonchev–Trinajstić information content (AvgIpc) is 3.36. The van der Waals surface area contributed by atoms with Gasteiger partial charge in [0.25, 0.3) is 0 Å². The smallest absolute Gasteiger partial charge is 0.0824 e. The molecule has 1 N–H and O–H groups in total. The number of hydrogen-bond acceptors (Lipinski definition) is 1. The first kappa shape index (κ1) is 23.9. The maximum Gasteiger partial charge on any atom is 0.0824 e. The van der Waals surface area contributed by atoms with Crippen LogP contribution in [0, 0.1) is 5.92 Å². The van der Waals surface area contributed by atoms with E-state index in [4.69, 9.17) is 0 Å². The Kier molecular flexibility index (Phi) is 5.44. The predicted molar refractivity (Wildman–Crippen MR) is 174 cm³/mol. The molecule has 1 aliphatic rings. The van der Waals surface area contributed by atoms with Gasteiger partial charge in [0.05, 0.1) is 17.1 Å². The maximum atomic E-state index is 10.6. The molecule has 0 amide bonds. The number of aromatic nitrogens is 1. The monoisotopic (exact) mass is 527 g/mol. The van der Waals surface area contributed by atoms with Crippen molar-refractivity contribution in [2.24, 2.45) is 5.92 Å². The number of allylic oxidation sites excluding steroid dienone is 1. The molecule has 0 aliphatic heterocycles. The third-order valence-corrected chi connectivity index (χ3v) is 8.77. The molecule has 0 bridgehead atoms. The van der Waals surface area contributed by atoms with Crippen molar-refractivity contribution in [1.82, 2.24) is 4.57 Å².